The number of nitriles is 1. The van der Waals surface area contributed by atoms with Crippen LogP contribution in [-0.4, -0.2) is 8.42 Å². The maximum Gasteiger partial charge on any atom is 0.262 e. The van der Waals surface area contributed by atoms with E-state index in [1.165, 1.54) is 24.3 Å². The van der Waals surface area contributed by atoms with Gasteiger partial charge < -0.3 is 5.73 Å². The normalized spacial score (nSPS) is 10.7. The van der Waals surface area contributed by atoms with Gasteiger partial charge in [-0.3, -0.25) is 4.72 Å². The van der Waals surface area contributed by atoms with Crippen molar-refractivity contribution in [2.45, 2.75) is 4.90 Å². The second-order valence-corrected chi connectivity index (χ2v) is 5.51. The number of nitrogen functional groups attached to an aromatic ring is 1. The summed E-state index contributed by atoms with van der Waals surface area (Å²) in [5, 5.41) is 8.78. The Kier molecular flexibility index (Phi) is 3.40. The van der Waals surface area contributed by atoms with E-state index in [1.807, 2.05) is 6.07 Å². The van der Waals surface area contributed by atoms with Gasteiger partial charge in [0.1, 0.15) is 0 Å². The summed E-state index contributed by atoms with van der Waals surface area (Å²) < 4.78 is 26.7. The van der Waals surface area contributed by atoms with Gasteiger partial charge in [0.2, 0.25) is 0 Å². The van der Waals surface area contributed by atoms with Crippen LogP contribution in [0.5, 0.6) is 0 Å². The number of hydrogen-bond acceptors (Lipinski definition) is 4. The lowest BCUT2D eigenvalue weighted by Crippen LogP contribution is -2.14. The lowest BCUT2D eigenvalue weighted by Gasteiger charge is -2.10. The molecule has 0 radical (unpaired) electrons. The first-order valence-electron chi connectivity index (χ1n) is 5.40. The molecule has 19 heavy (non-hydrogen) atoms. The van der Waals surface area contributed by atoms with Crippen LogP contribution < -0.4 is 10.5 Å². The van der Waals surface area contributed by atoms with Crippen molar-refractivity contribution in [1.82, 2.24) is 0 Å². The van der Waals surface area contributed by atoms with Crippen LogP contribution in [0.2, 0.25) is 0 Å². The van der Waals surface area contributed by atoms with Gasteiger partial charge in [0.15, 0.2) is 0 Å². The number of rotatable bonds is 3. The largest absolute Gasteiger partial charge is 0.397 e. The molecular formula is C13H11N3O2S. The van der Waals surface area contributed by atoms with Crippen LogP contribution in [0, 0.1) is 11.3 Å². The molecule has 0 spiro atoms. The molecule has 0 saturated heterocycles. The summed E-state index contributed by atoms with van der Waals surface area (Å²) in [5.74, 6) is 0. The molecule has 0 aliphatic rings. The van der Waals surface area contributed by atoms with Gasteiger partial charge in [-0.1, -0.05) is 18.2 Å². The van der Waals surface area contributed by atoms with Crippen molar-refractivity contribution in [2.75, 3.05) is 10.5 Å². The van der Waals surface area contributed by atoms with Gasteiger partial charge in [0.25, 0.3) is 10.0 Å². The lowest BCUT2D eigenvalue weighted by atomic mass is 10.2. The van der Waals surface area contributed by atoms with Gasteiger partial charge in [-0.15, -0.1) is 0 Å². The molecule has 0 unspecified atom stereocenters. The second-order valence-electron chi connectivity index (χ2n) is 3.83. The van der Waals surface area contributed by atoms with E-state index in [4.69, 9.17) is 11.0 Å². The Labute approximate surface area is 111 Å². The number of sulfonamides is 1. The molecule has 0 bridgehead atoms. The Morgan fingerprint density at radius 2 is 1.84 bits per heavy atom. The molecule has 0 aromatic heterocycles. The Morgan fingerprint density at radius 1 is 1.11 bits per heavy atom. The summed E-state index contributed by atoms with van der Waals surface area (Å²) >= 11 is 0. The summed E-state index contributed by atoms with van der Waals surface area (Å²) in [7, 11) is -3.75. The van der Waals surface area contributed by atoms with Crippen LogP contribution in [0.3, 0.4) is 0 Å². The number of nitrogens with one attached hydrogen (secondary N) is 1. The summed E-state index contributed by atoms with van der Waals surface area (Å²) in [5.41, 5.74) is 6.61. The maximum absolute atomic E-state index is 12.1. The maximum atomic E-state index is 12.1. The molecule has 3 N–H and O–H groups in total. The fourth-order valence-electron chi connectivity index (χ4n) is 1.53. The van der Waals surface area contributed by atoms with Crippen molar-refractivity contribution >= 4 is 21.4 Å². The smallest absolute Gasteiger partial charge is 0.262 e. The summed E-state index contributed by atoms with van der Waals surface area (Å²) in [6.07, 6.45) is 0. The number of anilines is 2. The van der Waals surface area contributed by atoms with Gasteiger partial charge in [-0.25, -0.2) is 8.42 Å². The second kappa shape index (κ2) is 5.00. The SMILES string of the molecule is N#Cc1cccc(S(=O)(=O)Nc2ccccc2N)c1. The van der Waals surface area contributed by atoms with Crippen LogP contribution >= 0.6 is 0 Å². The van der Waals surface area contributed by atoms with Crippen molar-refractivity contribution in [3.8, 4) is 6.07 Å². The molecule has 0 aliphatic heterocycles. The van der Waals surface area contributed by atoms with E-state index in [9.17, 15) is 8.42 Å². The first-order valence-corrected chi connectivity index (χ1v) is 6.89. The molecule has 0 heterocycles. The van der Waals surface area contributed by atoms with Crippen molar-refractivity contribution in [3.05, 3.63) is 54.1 Å². The van der Waals surface area contributed by atoms with E-state index >= 15 is 0 Å². The monoisotopic (exact) mass is 273 g/mol. The van der Waals surface area contributed by atoms with Gasteiger partial charge in [-0.05, 0) is 30.3 Å². The van der Waals surface area contributed by atoms with Crippen molar-refractivity contribution in [3.63, 3.8) is 0 Å². The quantitative estimate of drug-likeness (QED) is 0.835. The third-order valence-electron chi connectivity index (χ3n) is 2.48. The minimum absolute atomic E-state index is 0.0230. The van der Waals surface area contributed by atoms with Crippen LogP contribution in [0.25, 0.3) is 0 Å². The van der Waals surface area contributed by atoms with Gasteiger partial charge in [-0.2, -0.15) is 5.26 Å². The van der Waals surface area contributed by atoms with Crippen molar-refractivity contribution < 1.29 is 8.42 Å². The summed E-state index contributed by atoms with van der Waals surface area (Å²) in [6.45, 7) is 0. The molecule has 2 aromatic rings. The highest BCUT2D eigenvalue weighted by molar-refractivity contribution is 7.92. The molecular weight excluding hydrogens is 262 g/mol. The average molecular weight is 273 g/mol. The Balaban J connectivity index is 2.39. The minimum atomic E-state index is -3.75. The van der Waals surface area contributed by atoms with Crippen LogP contribution in [0.1, 0.15) is 5.56 Å². The van der Waals surface area contributed by atoms with E-state index in [0.29, 0.717) is 11.4 Å². The van der Waals surface area contributed by atoms with E-state index in [2.05, 4.69) is 4.72 Å². The van der Waals surface area contributed by atoms with Gasteiger partial charge in [0, 0.05) is 0 Å². The predicted octanol–water partition coefficient (Wildman–Crippen LogP) is 1.94. The predicted molar refractivity (Wildman–Crippen MR) is 72.8 cm³/mol. The molecule has 0 amide bonds. The Hall–Kier alpha value is -2.52. The lowest BCUT2D eigenvalue weighted by molar-refractivity contribution is 0.601. The topological polar surface area (TPSA) is 96.0 Å². The first-order chi connectivity index (χ1) is 9.03. The highest BCUT2D eigenvalue weighted by Crippen LogP contribution is 2.21. The van der Waals surface area contributed by atoms with E-state index in [-0.39, 0.29) is 10.5 Å². The molecule has 5 nitrogen and oxygen atoms in total. The molecule has 96 valence electrons. The van der Waals surface area contributed by atoms with Crippen LogP contribution in [0.4, 0.5) is 11.4 Å². The zero-order chi connectivity index (χ0) is 13.9. The molecule has 0 atom stereocenters. The van der Waals surface area contributed by atoms with Crippen LogP contribution in [-0.2, 0) is 10.0 Å². The van der Waals surface area contributed by atoms with Crippen LogP contribution in [0.15, 0.2) is 53.4 Å². The number of hydrogen-bond donors (Lipinski definition) is 2. The third-order valence-corrected chi connectivity index (χ3v) is 3.84. The Morgan fingerprint density at radius 3 is 2.53 bits per heavy atom. The zero-order valence-electron chi connectivity index (χ0n) is 9.87. The van der Waals surface area contributed by atoms with Crippen molar-refractivity contribution in [1.29, 1.82) is 5.26 Å². The molecule has 0 saturated carbocycles. The van der Waals surface area contributed by atoms with E-state index in [1.54, 1.807) is 24.3 Å². The number of benzene rings is 2. The standard InChI is InChI=1S/C13H11N3O2S/c14-9-10-4-3-5-11(8-10)19(17,18)16-13-7-2-1-6-12(13)15/h1-8,16H,15H2. The molecule has 6 heteroatoms. The van der Waals surface area contributed by atoms with Gasteiger partial charge >= 0.3 is 0 Å². The highest BCUT2D eigenvalue weighted by Gasteiger charge is 2.15. The highest BCUT2D eigenvalue weighted by atomic mass is 32.2. The van der Waals surface area contributed by atoms with Gasteiger partial charge in [0.05, 0.1) is 27.9 Å². The average Bonchev–Trinajstić information content (AvgIpc) is 2.41. The first kappa shape index (κ1) is 12.9. The molecule has 0 fully saturated rings. The van der Waals surface area contributed by atoms with Crippen molar-refractivity contribution in [2.24, 2.45) is 0 Å². The van der Waals surface area contributed by atoms with E-state index in [0.717, 1.165) is 0 Å². The molecule has 0 aliphatic carbocycles. The zero-order valence-corrected chi connectivity index (χ0v) is 10.7. The van der Waals surface area contributed by atoms with E-state index < -0.39 is 10.0 Å². The number of para-hydroxylation sites is 2. The third kappa shape index (κ3) is 2.84. The molecule has 2 aromatic carbocycles. The number of nitrogens with zero attached hydrogens (tertiary/aromatic N) is 1. The fraction of sp³-hybridized carbons (Fsp3) is 0. The summed E-state index contributed by atoms with van der Waals surface area (Å²) in [4.78, 5) is 0.0230. The number of nitrogens with two attached hydrogens (primary N) is 1. The fourth-order valence-corrected chi connectivity index (χ4v) is 2.66. The minimum Gasteiger partial charge on any atom is -0.397 e. The Bertz CT molecular complexity index is 748. The summed E-state index contributed by atoms with van der Waals surface area (Å²) in [6, 6.07) is 14.2. The molecule has 2 rings (SSSR count).